The number of ether oxygens (including phenoxy) is 1. The molecule has 0 fully saturated rings. The molecule has 3 rings (SSSR count). The molecule has 0 spiro atoms. The maximum atomic E-state index is 9.01. The minimum Gasteiger partial charge on any atom is -0.489 e. The van der Waals surface area contributed by atoms with Gasteiger partial charge in [-0.15, -0.1) is 0 Å². The highest BCUT2D eigenvalue weighted by atomic mass is 16.5. The van der Waals surface area contributed by atoms with E-state index in [9.17, 15) is 0 Å². The standard InChI is InChI=1S/C18H16O2/c19-12-14-5-7-15(8-6-14)13-20-18-10-9-16-3-1-2-4-17(16)11-18/h1-11,19H,12-13H2. The van der Waals surface area contributed by atoms with Crippen molar-refractivity contribution in [3.05, 3.63) is 77.9 Å². The van der Waals surface area contributed by atoms with E-state index in [2.05, 4.69) is 24.3 Å². The summed E-state index contributed by atoms with van der Waals surface area (Å²) in [5.74, 6) is 0.870. The third-order valence-corrected chi connectivity index (χ3v) is 3.33. The molecule has 0 bridgehead atoms. The van der Waals surface area contributed by atoms with Crippen LogP contribution in [0.2, 0.25) is 0 Å². The minimum atomic E-state index is 0.0752. The van der Waals surface area contributed by atoms with Crippen molar-refractivity contribution < 1.29 is 9.84 Å². The van der Waals surface area contributed by atoms with Gasteiger partial charge in [0, 0.05) is 0 Å². The lowest BCUT2D eigenvalue weighted by Gasteiger charge is -2.08. The molecule has 100 valence electrons. The first kappa shape index (κ1) is 12.7. The van der Waals surface area contributed by atoms with E-state index >= 15 is 0 Å². The Morgan fingerprint density at radius 2 is 1.45 bits per heavy atom. The molecule has 0 atom stereocenters. The molecule has 0 heterocycles. The fraction of sp³-hybridized carbons (Fsp3) is 0.111. The largest absolute Gasteiger partial charge is 0.489 e. The van der Waals surface area contributed by atoms with Crippen molar-refractivity contribution in [1.82, 2.24) is 0 Å². The van der Waals surface area contributed by atoms with Crippen molar-refractivity contribution in [2.75, 3.05) is 0 Å². The van der Waals surface area contributed by atoms with Gasteiger partial charge in [-0.25, -0.2) is 0 Å². The molecule has 0 radical (unpaired) electrons. The zero-order valence-corrected chi connectivity index (χ0v) is 11.1. The number of rotatable bonds is 4. The summed E-state index contributed by atoms with van der Waals surface area (Å²) in [4.78, 5) is 0. The Bertz CT molecular complexity index is 702. The molecule has 3 aromatic rings. The average Bonchev–Trinajstić information content (AvgIpc) is 2.53. The number of hydrogen-bond donors (Lipinski definition) is 1. The molecule has 2 heteroatoms. The molecule has 2 nitrogen and oxygen atoms in total. The number of aliphatic hydroxyl groups excluding tert-OH is 1. The predicted molar refractivity (Wildman–Crippen MR) is 80.6 cm³/mol. The van der Waals surface area contributed by atoms with Crippen LogP contribution in [0.3, 0.4) is 0 Å². The van der Waals surface area contributed by atoms with Crippen molar-refractivity contribution in [2.24, 2.45) is 0 Å². The van der Waals surface area contributed by atoms with Gasteiger partial charge in [0.15, 0.2) is 0 Å². The zero-order valence-electron chi connectivity index (χ0n) is 11.1. The van der Waals surface area contributed by atoms with Crippen molar-refractivity contribution in [3.63, 3.8) is 0 Å². The second kappa shape index (κ2) is 5.76. The first-order valence-electron chi connectivity index (χ1n) is 6.65. The van der Waals surface area contributed by atoms with Gasteiger partial charge in [0.2, 0.25) is 0 Å². The summed E-state index contributed by atoms with van der Waals surface area (Å²) < 4.78 is 5.81. The van der Waals surface area contributed by atoms with Gasteiger partial charge in [-0.3, -0.25) is 0 Å². The lowest BCUT2D eigenvalue weighted by Crippen LogP contribution is -1.95. The maximum Gasteiger partial charge on any atom is 0.120 e. The Balaban J connectivity index is 1.72. The fourth-order valence-electron chi connectivity index (χ4n) is 2.16. The first-order valence-corrected chi connectivity index (χ1v) is 6.65. The van der Waals surface area contributed by atoms with E-state index in [1.54, 1.807) is 0 Å². The quantitative estimate of drug-likeness (QED) is 0.774. The second-order valence-electron chi connectivity index (χ2n) is 4.77. The van der Waals surface area contributed by atoms with Crippen LogP contribution in [0.25, 0.3) is 10.8 Å². The van der Waals surface area contributed by atoms with Gasteiger partial charge in [0.25, 0.3) is 0 Å². The first-order chi connectivity index (χ1) is 9.85. The van der Waals surface area contributed by atoms with Crippen LogP contribution in [0.5, 0.6) is 5.75 Å². The highest BCUT2D eigenvalue weighted by molar-refractivity contribution is 5.83. The van der Waals surface area contributed by atoms with Crippen molar-refractivity contribution in [1.29, 1.82) is 0 Å². The fourth-order valence-corrected chi connectivity index (χ4v) is 2.16. The average molecular weight is 264 g/mol. The van der Waals surface area contributed by atoms with E-state index in [0.29, 0.717) is 6.61 Å². The van der Waals surface area contributed by atoms with E-state index in [1.165, 1.54) is 10.8 Å². The molecular formula is C18H16O2. The topological polar surface area (TPSA) is 29.5 Å². The third-order valence-electron chi connectivity index (χ3n) is 3.33. The molecule has 0 unspecified atom stereocenters. The van der Waals surface area contributed by atoms with E-state index in [1.807, 2.05) is 42.5 Å². The van der Waals surface area contributed by atoms with Crippen LogP contribution in [0.15, 0.2) is 66.7 Å². The highest BCUT2D eigenvalue weighted by Crippen LogP contribution is 2.21. The maximum absolute atomic E-state index is 9.01. The Kier molecular flexibility index (Phi) is 3.66. The van der Waals surface area contributed by atoms with Crippen molar-refractivity contribution >= 4 is 10.8 Å². The van der Waals surface area contributed by atoms with Gasteiger partial charge >= 0.3 is 0 Å². The van der Waals surface area contributed by atoms with Gasteiger partial charge in [-0.2, -0.15) is 0 Å². The number of hydrogen-bond acceptors (Lipinski definition) is 2. The monoisotopic (exact) mass is 264 g/mol. The molecule has 3 aromatic carbocycles. The zero-order chi connectivity index (χ0) is 13.8. The van der Waals surface area contributed by atoms with E-state index in [0.717, 1.165) is 16.9 Å². The van der Waals surface area contributed by atoms with Crippen LogP contribution < -0.4 is 4.74 Å². The summed E-state index contributed by atoms with van der Waals surface area (Å²) >= 11 is 0. The van der Waals surface area contributed by atoms with Gasteiger partial charge in [-0.05, 0) is 34.0 Å². The Hall–Kier alpha value is -2.32. The van der Waals surface area contributed by atoms with Gasteiger partial charge in [0.05, 0.1) is 6.61 Å². The minimum absolute atomic E-state index is 0.0752. The van der Waals surface area contributed by atoms with Crippen molar-refractivity contribution in [3.8, 4) is 5.75 Å². The highest BCUT2D eigenvalue weighted by Gasteiger charge is 1.99. The second-order valence-corrected chi connectivity index (χ2v) is 4.77. The van der Waals surface area contributed by atoms with Crippen LogP contribution in [0, 0.1) is 0 Å². The van der Waals surface area contributed by atoms with E-state index < -0.39 is 0 Å². The van der Waals surface area contributed by atoms with Crippen LogP contribution >= 0.6 is 0 Å². The number of aliphatic hydroxyl groups is 1. The summed E-state index contributed by atoms with van der Waals surface area (Å²) in [7, 11) is 0. The Morgan fingerprint density at radius 3 is 2.20 bits per heavy atom. The van der Waals surface area contributed by atoms with E-state index in [4.69, 9.17) is 9.84 Å². The van der Waals surface area contributed by atoms with Gasteiger partial charge in [-0.1, -0.05) is 54.6 Å². The van der Waals surface area contributed by atoms with Crippen LogP contribution in [-0.2, 0) is 13.2 Å². The Morgan fingerprint density at radius 1 is 0.750 bits per heavy atom. The van der Waals surface area contributed by atoms with Crippen molar-refractivity contribution in [2.45, 2.75) is 13.2 Å². The molecule has 20 heavy (non-hydrogen) atoms. The van der Waals surface area contributed by atoms with Crippen LogP contribution in [0.1, 0.15) is 11.1 Å². The van der Waals surface area contributed by atoms with Gasteiger partial charge < -0.3 is 9.84 Å². The summed E-state index contributed by atoms with van der Waals surface area (Å²) in [5, 5.41) is 11.4. The summed E-state index contributed by atoms with van der Waals surface area (Å²) in [5.41, 5.74) is 2.01. The van der Waals surface area contributed by atoms with Gasteiger partial charge in [0.1, 0.15) is 12.4 Å². The third kappa shape index (κ3) is 2.81. The predicted octanol–water partition coefficient (Wildman–Crippen LogP) is 3.91. The Labute approximate surface area is 118 Å². The van der Waals surface area contributed by atoms with E-state index in [-0.39, 0.29) is 6.61 Å². The molecule has 0 saturated carbocycles. The molecule has 0 amide bonds. The SMILES string of the molecule is OCc1ccc(COc2ccc3ccccc3c2)cc1. The normalized spacial score (nSPS) is 10.7. The molecule has 0 aliphatic rings. The number of benzene rings is 3. The summed E-state index contributed by atoms with van der Waals surface area (Å²) in [6.07, 6.45) is 0. The van der Waals surface area contributed by atoms with Crippen LogP contribution in [-0.4, -0.2) is 5.11 Å². The lowest BCUT2D eigenvalue weighted by molar-refractivity contribution is 0.281. The molecule has 0 saturated heterocycles. The number of fused-ring (bicyclic) bond motifs is 1. The molecule has 1 N–H and O–H groups in total. The lowest BCUT2D eigenvalue weighted by atomic mass is 10.1. The summed E-state index contributed by atoms with van der Waals surface area (Å²) in [6, 6.07) is 22.1. The molecule has 0 aromatic heterocycles. The molecular weight excluding hydrogens is 248 g/mol. The molecule has 0 aliphatic heterocycles. The molecule has 0 aliphatic carbocycles. The summed E-state index contributed by atoms with van der Waals surface area (Å²) in [6.45, 7) is 0.607. The van der Waals surface area contributed by atoms with Crippen LogP contribution in [0.4, 0.5) is 0 Å². The smallest absolute Gasteiger partial charge is 0.120 e.